The Morgan fingerprint density at radius 1 is 1.19 bits per heavy atom. The van der Waals surface area contributed by atoms with Gasteiger partial charge in [-0.15, -0.1) is 5.10 Å². The van der Waals surface area contributed by atoms with Gasteiger partial charge in [-0.1, -0.05) is 17.7 Å². The highest BCUT2D eigenvalue weighted by Crippen LogP contribution is 2.24. The van der Waals surface area contributed by atoms with Crippen LogP contribution in [0.5, 0.6) is 5.75 Å². The molecular weight excluding hydrogens is 432 g/mol. The Bertz CT molecular complexity index is 1410. The van der Waals surface area contributed by atoms with E-state index in [1.165, 1.54) is 11.6 Å². The van der Waals surface area contributed by atoms with Gasteiger partial charge in [-0.05, 0) is 44.0 Å². The number of aryl methyl sites for hydroxylation is 2. The predicted octanol–water partition coefficient (Wildman–Crippen LogP) is 2.69. The van der Waals surface area contributed by atoms with Crippen molar-refractivity contribution in [2.24, 2.45) is 0 Å². The molecule has 0 bridgehead atoms. The van der Waals surface area contributed by atoms with Gasteiger partial charge in [-0.3, -0.25) is 9.59 Å². The van der Waals surface area contributed by atoms with Crippen LogP contribution in [0.15, 0.2) is 51.1 Å². The smallest absolute Gasteiger partial charge is 0.305 e. The van der Waals surface area contributed by atoms with Crippen molar-refractivity contribution >= 4 is 33.3 Å². The SMILES string of the molecule is COC(=O)CCCOc1ccc2c(=O)nc3c(S(=O)c4ccc(C)cc4C)n[nH]n3c2c1. The van der Waals surface area contributed by atoms with E-state index in [4.69, 9.17) is 4.74 Å². The molecule has 10 heteroatoms. The summed E-state index contributed by atoms with van der Waals surface area (Å²) >= 11 is 0. The van der Waals surface area contributed by atoms with Crippen molar-refractivity contribution in [3.8, 4) is 5.75 Å². The van der Waals surface area contributed by atoms with Crippen molar-refractivity contribution in [1.82, 2.24) is 19.8 Å². The molecule has 0 aliphatic carbocycles. The zero-order valence-corrected chi connectivity index (χ0v) is 18.7. The Labute approximate surface area is 185 Å². The number of fused-ring (bicyclic) bond motifs is 3. The van der Waals surface area contributed by atoms with Crippen LogP contribution in [0.2, 0.25) is 0 Å². The number of hydrogen-bond acceptors (Lipinski definition) is 7. The molecule has 9 nitrogen and oxygen atoms in total. The zero-order chi connectivity index (χ0) is 22.8. The number of benzene rings is 2. The number of methoxy groups -OCH3 is 1. The quantitative estimate of drug-likeness (QED) is 0.337. The van der Waals surface area contributed by atoms with Gasteiger partial charge in [0, 0.05) is 17.4 Å². The minimum Gasteiger partial charge on any atom is -0.494 e. The van der Waals surface area contributed by atoms with Crippen LogP contribution >= 0.6 is 0 Å². The molecule has 0 saturated heterocycles. The molecule has 0 aliphatic rings. The van der Waals surface area contributed by atoms with Crippen molar-refractivity contribution in [2.75, 3.05) is 13.7 Å². The molecule has 0 aliphatic heterocycles. The molecule has 0 spiro atoms. The monoisotopic (exact) mass is 454 g/mol. The Morgan fingerprint density at radius 3 is 2.75 bits per heavy atom. The van der Waals surface area contributed by atoms with E-state index < -0.39 is 16.4 Å². The van der Waals surface area contributed by atoms with Crippen molar-refractivity contribution in [3.05, 3.63) is 57.9 Å². The van der Waals surface area contributed by atoms with Crippen LogP contribution < -0.4 is 10.3 Å². The largest absolute Gasteiger partial charge is 0.494 e. The van der Waals surface area contributed by atoms with Crippen LogP contribution in [0.4, 0.5) is 0 Å². The molecule has 0 fully saturated rings. The second kappa shape index (κ2) is 8.91. The third-order valence-corrected chi connectivity index (χ3v) is 6.51. The number of rotatable bonds is 7. The van der Waals surface area contributed by atoms with E-state index in [1.54, 1.807) is 24.3 Å². The molecule has 1 N–H and O–H groups in total. The number of ether oxygens (including phenoxy) is 2. The number of aromatic amines is 1. The molecule has 0 radical (unpaired) electrons. The number of carbonyl (C=O) groups excluding carboxylic acids is 1. The van der Waals surface area contributed by atoms with Crippen LogP contribution in [0.3, 0.4) is 0 Å². The lowest BCUT2D eigenvalue weighted by molar-refractivity contribution is -0.140. The average molecular weight is 455 g/mol. The Hall–Kier alpha value is -3.53. The van der Waals surface area contributed by atoms with E-state index in [1.807, 2.05) is 26.0 Å². The lowest BCUT2D eigenvalue weighted by Gasteiger charge is -2.08. The summed E-state index contributed by atoms with van der Waals surface area (Å²) in [6.07, 6.45) is 0.755. The third-order valence-electron chi connectivity index (χ3n) is 5.03. The molecular formula is C22H22N4O5S. The predicted molar refractivity (Wildman–Crippen MR) is 118 cm³/mol. The molecule has 32 heavy (non-hydrogen) atoms. The summed E-state index contributed by atoms with van der Waals surface area (Å²) in [4.78, 5) is 28.6. The maximum Gasteiger partial charge on any atom is 0.305 e. The van der Waals surface area contributed by atoms with Gasteiger partial charge >= 0.3 is 5.97 Å². The maximum atomic E-state index is 13.2. The van der Waals surface area contributed by atoms with Crippen LogP contribution in [0, 0.1) is 13.8 Å². The Balaban J connectivity index is 1.70. The summed E-state index contributed by atoms with van der Waals surface area (Å²) in [5, 5.41) is 7.57. The molecule has 0 amide bonds. The molecule has 4 rings (SSSR count). The summed E-state index contributed by atoms with van der Waals surface area (Å²) in [6.45, 7) is 4.16. The minimum absolute atomic E-state index is 0.181. The molecule has 4 aromatic rings. The summed E-state index contributed by atoms with van der Waals surface area (Å²) in [5.74, 6) is 0.224. The molecule has 1 unspecified atom stereocenters. The van der Waals surface area contributed by atoms with Crippen LogP contribution in [0.25, 0.3) is 16.6 Å². The van der Waals surface area contributed by atoms with Gasteiger partial charge in [0.05, 0.1) is 24.6 Å². The first-order valence-electron chi connectivity index (χ1n) is 9.98. The van der Waals surface area contributed by atoms with Crippen LogP contribution in [-0.2, 0) is 20.3 Å². The summed E-state index contributed by atoms with van der Waals surface area (Å²) in [5.41, 5.74) is 2.19. The number of H-pyrrole nitrogens is 1. The van der Waals surface area contributed by atoms with Crippen LogP contribution in [0.1, 0.15) is 24.0 Å². The maximum absolute atomic E-state index is 13.2. The summed E-state index contributed by atoms with van der Waals surface area (Å²) in [7, 11) is -0.275. The van der Waals surface area contributed by atoms with E-state index in [-0.39, 0.29) is 23.1 Å². The Morgan fingerprint density at radius 2 is 2.00 bits per heavy atom. The van der Waals surface area contributed by atoms with Crippen LogP contribution in [-0.4, -0.2) is 43.7 Å². The average Bonchev–Trinajstić information content (AvgIpc) is 3.20. The highest BCUT2D eigenvalue weighted by Gasteiger charge is 2.20. The van der Waals surface area contributed by atoms with E-state index >= 15 is 0 Å². The van der Waals surface area contributed by atoms with Gasteiger partial charge in [0.15, 0.2) is 10.7 Å². The van der Waals surface area contributed by atoms with Crippen molar-refractivity contribution < 1.29 is 18.5 Å². The second-order valence-corrected chi connectivity index (χ2v) is 8.70. The highest BCUT2D eigenvalue weighted by atomic mass is 32.2. The fraction of sp³-hybridized carbons (Fsp3) is 0.273. The number of carbonyl (C=O) groups is 1. The molecule has 2 heterocycles. The van der Waals surface area contributed by atoms with E-state index in [2.05, 4.69) is 20.0 Å². The number of hydrogen-bond donors (Lipinski definition) is 1. The van der Waals surface area contributed by atoms with E-state index in [0.717, 1.165) is 11.1 Å². The summed E-state index contributed by atoms with van der Waals surface area (Å²) in [6, 6.07) is 10.6. The molecule has 1 atom stereocenters. The third kappa shape index (κ3) is 4.13. The van der Waals surface area contributed by atoms with Crippen molar-refractivity contribution in [3.63, 3.8) is 0 Å². The van der Waals surface area contributed by atoms with E-state index in [0.29, 0.717) is 34.6 Å². The number of esters is 1. The number of aromatic nitrogens is 4. The fourth-order valence-electron chi connectivity index (χ4n) is 3.42. The fourth-order valence-corrected chi connectivity index (χ4v) is 4.60. The zero-order valence-electron chi connectivity index (χ0n) is 17.9. The first-order valence-corrected chi connectivity index (χ1v) is 11.1. The van der Waals surface area contributed by atoms with Crippen molar-refractivity contribution in [1.29, 1.82) is 0 Å². The Kier molecular flexibility index (Phi) is 6.04. The molecule has 2 aromatic carbocycles. The number of nitrogens with zero attached hydrogens (tertiary/aromatic N) is 3. The normalized spacial score (nSPS) is 12.2. The lowest BCUT2D eigenvalue weighted by atomic mass is 10.2. The second-order valence-electron chi connectivity index (χ2n) is 7.34. The summed E-state index contributed by atoms with van der Waals surface area (Å²) < 4.78 is 25.1. The van der Waals surface area contributed by atoms with Gasteiger partial charge in [0.1, 0.15) is 16.5 Å². The first-order chi connectivity index (χ1) is 15.4. The topological polar surface area (TPSA) is 116 Å². The number of nitrogens with one attached hydrogen (secondary N) is 1. The van der Waals surface area contributed by atoms with Crippen molar-refractivity contribution in [2.45, 2.75) is 36.6 Å². The van der Waals surface area contributed by atoms with Gasteiger partial charge in [-0.25, -0.2) is 13.9 Å². The standard InChI is InChI=1S/C22H22N4O5S/c1-13-6-9-18(14(2)11-13)32(29)22-20-23-21(28)16-8-7-15(12-17(16)26(20)25-24-22)31-10-4-5-19(27)30-3/h6-9,11-12,25H,4-5,10H2,1-3H3. The molecule has 0 saturated carbocycles. The lowest BCUT2D eigenvalue weighted by Crippen LogP contribution is -2.11. The highest BCUT2D eigenvalue weighted by molar-refractivity contribution is 7.85. The van der Waals surface area contributed by atoms with Gasteiger partial charge in [0.25, 0.3) is 5.56 Å². The van der Waals surface area contributed by atoms with E-state index in [9.17, 15) is 13.8 Å². The first kappa shape index (κ1) is 21.7. The molecule has 166 valence electrons. The van der Waals surface area contributed by atoms with Gasteiger partial charge in [-0.2, -0.15) is 4.98 Å². The minimum atomic E-state index is -1.62. The molecule has 2 aromatic heterocycles. The van der Waals surface area contributed by atoms with Gasteiger partial charge in [0.2, 0.25) is 0 Å². The van der Waals surface area contributed by atoms with Gasteiger partial charge < -0.3 is 9.47 Å².